The molecule has 1 rings (SSSR count). The van der Waals surface area contributed by atoms with E-state index in [4.69, 9.17) is 0 Å². The lowest BCUT2D eigenvalue weighted by Crippen LogP contribution is -2.42. The second-order valence-electron chi connectivity index (χ2n) is 4.36. The Labute approximate surface area is 104 Å². The highest BCUT2D eigenvalue weighted by atomic mass is 32.1. The van der Waals surface area contributed by atoms with E-state index in [0.717, 1.165) is 17.0 Å². The molecule has 0 saturated heterocycles. The molecule has 5 nitrogen and oxygen atoms in total. The van der Waals surface area contributed by atoms with Gasteiger partial charge in [0.25, 0.3) is 0 Å². The van der Waals surface area contributed by atoms with Crippen molar-refractivity contribution >= 4 is 17.2 Å². The lowest BCUT2D eigenvalue weighted by atomic mass is 10.0. The second kappa shape index (κ2) is 5.46. The van der Waals surface area contributed by atoms with Gasteiger partial charge in [-0.15, -0.1) is 0 Å². The molecule has 1 atom stereocenters. The van der Waals surface area contributed by atoms with Gasteiger partial charge in [-0.05, 0) is 20.3 Å². The summed E-state index contributed by atoms with van der Waals surface area (Å²) in [5.74, 6) is -0.262. The Morgan fingerprint density at radius 3 is 2.76 bits per heavy atom. The van der Waals surface area contributed by atoms with E-state index < -0.39 is 5.60 Å². The molecule has 0 aliphatic carbocycles. The van der Waals surface area contributed by atoms with Gasteiger partial charge < -0.3 is 10.4 Å². The van der Waals surface area contributed by atoms with Crippen LogP contribution in [-0.4, -0.2) is 27.7 Å². The third-order valence-corrected chi connectivity index (χ3v) is 3.59. The van der Waals surface area contributed by atoms with Crippen LogP contribution in [0, 0.1) is 6.92 Å². The topological polar surface area (TPSA) is 71.3 Å². The van der Waals surface area contributed by atoms with Gasteiger partial charge >= 0.3 is 4.87 Å². The fourth-order valence-corrected chi connectivity index (χ4v) is 1.94. The van der Waals surface area contributed by atoms with Crippen LogP contribution in [0.25, 0.3) is 0 Å². The Bertz CT molecular complexity index is 448. The van der Waals surface area contributed by atoms with Gasteiger partial charge in [0, 0.05) is 17.6 Å². The summed E-state index contributed by atoms with van der Waals surface area (Å²) >= 11 is 1.08. The molecule has 0 bridgehead atoms. The summed E-state index contributed by atoms with van der Waals surface area (Å²) in [6.45, 7) is 5.50. The fourth-order valence-electron chi connectivity index (χ4n) is 1.21. The summed E-state index contributed by atoms with van der Waals surface area (Å²) in [6.07, 6.45) is 0.560. The summed E-state index contributed by atoms with van der Waals surface area (Å²) in [5, 5.41) is 14.1. The number of hydrogen-bond acceptors (Lipinski definition) is 4. The zero-order valence-electron chi connectivity index (χ0n) is 10.3. The number of thiazole rings is 1. The summed E-state index contributed by atoms with van der Waals surface area (Å²) in [4.78, 5) is 22.8. The molecule has 0 fully saturated rings. The van der Waals surface area contributed by atoms with Crippen LogP contribution >= 0.6 is 11.3 Å². The molecule has 1 heterocycles. The summed E-state index contributed by atoms with van der Waals surface area (Å²) < 4.78 is 1.42. The highest BCUT2D eigenvalue weighted by molar-refractivity contribution is 7.07. The number of nitrogens with zero attached hydrogens (tertiary/aromatic N) is 1. The van der Waals surface area contributed by atoms with E-state index in [1.807, 2.05) is 6.92 Å². The first-order valence-corrected chi connectivity index (χ1v) is 6.37. The summed E-state index contributed by atoms with van der Waals surface area (Å²) in [5.41, 5.74) is -0.123. The van der Waals surface area contributed by atoms with Crippen molar-refractivity contribution in [1.29, 1.82) is 0 Å². The van der Waals surface area contributed by atoms with Crippen molar-refractivity contribution in [2.24, 2.45) is 0 Å². The molecule has 0 aromatic carbocycles. The molecular formula is C11H18N2O3S. The Morgan fingerprint density at radius 1 is 1.65 bits per heavy atom. The van der Waals surface area contributed by atoms with Crippen LogP contribution in [0.3, 0.4) is 0 Å². The van der Waals surface area contributed by atoms with Crippen molar-refractivity contribution in [3.05, 3.63) is 20.7 Å². The second-order valence-corrected chi connectivity index (χ2v) is 5.18. The maximum atomic E-state index is 11.6. The number of nitrogens with one attached hydrogen (secondary N) is 1. The van der Waals surface area contributed by atoms with Crippen molar-refractivity contribution in [1.82, 2.24) is 9.88 Å². The van der Waals surface area contributed by atoms with E-state index in [1.54, 1.807) is 19.2 Å². The Balaban J connectivity index is 2.54. The molecule has 0 aliphatic heterocycles. The van der Waals surface area contributed by atoms with E-state index >= 15 is 0 Å². The summed E-state index contributed by atoms with van der Waals surface area (Å²) in [6, 6.07) is 0. The normalized spacial score (nSPS) is 14.4. The third kappa shape index (κ3) is 3.98. The van der Waals surface area contributed by atoms with Gasteiger partial charge in [0.05, 0.1) is 5.60 Å². The quantitative estimate of drug-likeness (QED) is 0.807. The Hall–Kier alpha value is -1.14. The standard InChI is InChI=1S/C11H18N2O3S/c1-4-11(3,16)7-12-9(14)5-13-8(2)6-17-10(13)15/h6,16H,4-5,7H2,1-3H3,(H,12,14). The summed E-state index contributed by atoms with van der Waals surface area (Å²) in [7, 11) is 0. The first kappa shape index (κ1) is 13.9. The van der Waals surface area contributed by atoms with Gasteiger partial charge in [0.2, 0.25) is 5.91 Å². The average molecular weight is 258 g/mol. The van der Waals surface area contributed by atoms with Gasteiger partial charge in [-0.3, -0.25) is 14.2 Å². The molecule has 0 saturated carbocycles. The Morgan fingerprint density at radius 2 is 2.29 bits per heavy atom. The van der Waals surface area contributed by atoms with Gasteiger partial charge in [-0.25, -0.2) is 0 Å². The molecular weight excluding hydrogens is 240 g/mol. The van der Waals surface area contributed by atoms with E-state index in [1.165, 1.54) is 4.57 Å². The maximum Gasteiger partial charge on any atom is 0.307 e. The molecule has 0 spiro atoms. The van der Waals surface area contributed by atoms with Crippen LogP contribution in [0.2, 0.25) is 0 Å². The van der Waals surface area contributed by atoms with E-state index in [2.05, 4.69) is 5.32 Å². The number of carbonyl (C=O) groups is 1. The fraction of sp³-hybridized carbons (Fsp3) is 0.636. The molecule has 1 unspecified atom stereocenters. The predicted molar refractivity (Wildman–Crippen MR) is 67.2 cm³/mol. The van der Waals surface area contributed by atoms with Gasteiger partial charge in [0.15, 0.2) is 0 Å². The SMILES string of the molecule is CCC(C)(O)CNC(=O)Cn1c(C)csc1=O. The van der Waals surface area contributed by atoms with Crippen molar-refractivity contribution in [2.75, 3.05) is 6.54 Å². The first-order valence-electron chi connectivity index (χ1n) is 5.50. The van der Waals surface area contributed by atoms with Gasteiger partial charge in [0.1, 0.15) is 6.54 Å². The lowest BCUT2D eigenvalue weighted by molar-refractivity contribution is -0.122. The minimum Gasteiger partial charge on any atom is -0.388 e. The molecule has 0 aliphatic rings. The zero-order chi connectivity index (χ0) is 13.1. The molecule has 1 aromatic rings. The van der Waals surface area contributed by atoms with Crippen molar-refractivity contribution < 1.29 is 9.90 Å². The maximum absolute atomic E-state index is 11.6. The molecule has 2 N–H and O–H groups in total. The van der Waals surface area contributed by atoms with Crippen molar-refractivity contribution in [3.8, 4) is 0 Å². The minimum atomic E-state index is -0.898. The van der Waals surface area contributed by atoms with Crippen molar-refractivity contribution in [3.63, 3.8) is 0 Å². The highest BCUT2D eigenvalue weighted by Gasteiger charge is 2.18. The largest absolute Gasteiger partial charge is 0.388 e. The molecule has 1 aromatic heterocycles. The van der Waals surface area contributed by atoms with Gasteiger partial charge in [-0.1, -0.05) is 18.3 Å². The number of aryl methyl sites for hydroxylation is 1. The molecule has 17 heavy (non-hydrogen) atoms. The molecule has 1 amide bonds. The molecule has 0 radical (unpaired) electrons. The van der Waals surface area contributed by atoms with E-state index in [0.29, 0.717) is 6.42 Å². The smallest absolute Gasteiger partial charge is 0.307 e. The molecule has 6 heteroatoms. The van der Waals surface area contributed by atoms with Crippen LogP contribution in [0.4, 0.5) is 0 Å². The zero-order valence-corrected chi connectivity index (χ0v) is 11.1. The highest BCUT2D eigenvalue weighted by Crippen LogP contribution is 2.06. The lowest BCUT2D eigenvalue weighted by Gasteiger charge is -2.21. The minimum absolute atomic E-state index is 0.00790. The van der Waals surface area contributed by atoms with Crippen LogP contribution in [0.15, 0.2) is 10.2 Å². The number of rotatable bonds is 5. The predicted octanol–water partition coefficient (Wildman–Crippen LogP) is 0.495. The Kier molecular flexibility index (Phi) is 4.47. The number of amides is 1. The van der Waals surface area contributed by atoms with Crippen LogP contribution in [0.1, 0.15) is 26.0 Å². The van der Waals surface area contributed by atoms with Gasteiger partial charge in [-0.2, -0.15) is 0 Å². The van der Waals surface area contributed by atoms with Crippen LogP contribution in [-0.2, 0) is 11.3 Å². The molecule has 96 valence electrons. The number of hydrogen-bond donors (Lipinski definition) is 2. The first-order chi connectivity index (χ1) is 7.85. The van der Waals surface area contributed by atoms with E-state index in [9.17, 15) is 14.7 Å². The van der Waals surface area contributed by atoms with E-state index in [-0.39, 0.29) is 23.9 Å². The average Bonchev–Trinajstić information content (AvgIpc) is 2.58. The van der Waals surface area contributed by atoms with Crippen LogP contribution in [0.5, 0.6) is 0 Å². The number of carbonyl (C=O) groups excluding carboxylic acids is 1. The third-order valence-electron chi connectivity index (χ3n) is 2.71. The van der Waals surface area contributed by atoms with Crippen LogP contribution < -0.4 is 10.2 Å². The number of aromatic nitrogens is 1. The van der Waals surface area contributed by atoms with Crippen molar-refractivity contribution in [2.45, 2.75) is 39.3 Å². The monoisotopic (exact) mass is 258 g/mol. The number of aliphatic hydroxyl groups is 1.